The van der Waals surface area contributed by atoms with Gasteiger partial charge in [-0.25, -0.2) is 4.79 Å². The Bertz CT molecular complexity index is 585. The van der Waals surface area contributed by atoms with Gasteiger partial charge in [-0.2, -0.15) is 0 Å². The molecule has 0 aliphatic carbocycles. The van der Waals surface area contributed by atoms with Crippen molar-refractivity contribution in [1.29, 1.82) is 0 Å². The quantitative estimate of drug-likeness (QED) is 0.868. The Hall–Kier alpha value is -2.01. The predicted molar refractivity (Wildman–Crippen MR) is 69.7 cm³/mol. The van der Waals surface area contributed by atoms with Crippen molar-refractivity contribution < 1.29 is 23.8 Å². The second-order valence-electron chi connectivity index (χ2n) is 4.15. The Labute approximate surface area is 110 Å². The van der Waals surface area contributed by atoms with E-state index >= 15 is 0 Å². The molecule has 5 nitrogen and oxygen atoms in total. The molecule has 0 spiro atoms. The maximum absolute atomic E-state index is 11.1. The summed E-state index contributed by atoms with van der Waals surface area (Å²) in [6.45, 7) is 2.83. The van der Waals surface area contributed by atoms with Crippen LogP contribution in [0.4, 0.5) is 0 Å². The van der Waals surface area contributed by atoms with E-state index in [2.05, 4.69) is 0 Å². The van der Waals surface area contributed by atoms with Gasteiger partial charge in [-0.3, -0.25) is 0 Å². The van der Waals surface area contributed by atoms with E-state index in [0.29, 0.717) is 28.9 Å². The highest BCUT2D eigenvalue weighted by Crippen LogP contribution is 2.30. The first kappa shape index (κ1) is 13.4. The summed E-state index contributed by atoms with van der Waals surface area (Å²) in [6.07, 6.45) is 0.911. The van der Waals surface area contributed by atoms with Gasteiger partial charge in [-0.1, -0.05) is 6.92 Å². The molecule has 0 radical (unpaired) electrons. The summed E-state index contributed by atoms with van der Waals surface area (Å²) >= 11 is 0. The third-order valence-electron chi connectivity index (χ3n) is 2.72. The van der Waals surface area contributed by atoms with Crippen molar-refractivity contribution in [3.05, 3.63) is 29.5 Å². The lowest BCUT2D eigenvalue weighted by Crippen LogP contribution is -2.00. The van der Waals surface area contributed by atoms with E-state index in [0.717, 1.165) is 6.42 Å². The first-order valence-corrected chi connectivity index (χ1v) is 6.07. The summed E-state index contributed by atoms with van der Waals surface area (Å²) in [4.78, 5) is 11.1. The number of furan rings is 1. The lowest BCUT2D eigenvalue weighted by atomic mass is 10.1. The molecule has 0 amide bonds. The maximum Gasteiger partial charge on any atom is 0.372 e. The molecule has 1 aromatic carbocycles. The van der Waals surface area contributed by atoms with Crippen LogP contribution in [0.1, 0.15) is 29.5 Å². The van der Waals surface area contributed by atoms with Gasteiger partial charge in [-0.05, 0) is 24.6 Å². The molecule has 0 unspecified atom stereocenters. The average molecular weight is 264 g/mol. The van der Waals surface area contributed by atoms with Crippen LogP contribution >= 0.6 is 0 Å². The molecular formula is C14H16O5. The largest absolute Gasteiger partial charge is 0.494 e. The molecule has 0 bridgehead atoms. The SMILES string of the molecule is CCCOc1ccc2oc(C(=O)O)c(COC)c2c1. The van der Waals surface area contributed by atoms with Gasteiger partial charge in [0, 0.05) is 18.1 Å². The molecule has 2 rings (SSSR count). The average Bonchev–Trinajstić information content (AvgIpc) is 2.75. The minimum Gasteiger partial charge on any atom is -0.494 e. The van der Waals surface area contributed by atoms with Crippen LogP contribution < -0.4 is 4.74 Å². The zero-order valence-electron chi connectivity index (χ0n) is 10.9. The van der Waals surface area contributed by atoms with Crippen LogP contribution in [0.3, 0.4) is 0 Å². The van der Waals surface area contributed by atoms with Crippen molar-refractivity contribution in [1.82, 2.24) is 0 Å². The van der Waals surface area contributed by atoms with Crippen molar-refractivity contribution in [2.75, 3.05) is 13.7 Å². The zero-order valence-corrected chi connectivity index (χ0v) is 10.9. The molecule has 1 aromatic heterocycles. The van der Waals surface area contributed by atoms with Crippen molar-refractivity contribution in [2.24, 2.45) is 0 Å². The van der Waals surface area contributed by atoms with E-state index in [9.17, 15) is 4.79 Å². The fourth-order valence-corrected chi connectivity index (χ4v) is 1.90. The number of fused-ring (bicyclic) bond motifs is 1. The van der Waals surface area contributed by atoms with Crippen molar-refractivity contribution >= 4 is 16.9 Å². The third kappa shape index (κ3) is 2.71. The maximum atomic E-state index is 11.1. The number of hydrogen-bond donors (Lipinski definition) is 1. The number of ether oxygens (including phenoxy) is 2. The van der Waals surface area contributed by atoms with Gasteiger partial charge < -0.3 is 19.0 Å². The molecule has 19 heavy (non-hydrogen) atoms. The number of carbonyl (C=O) groups is 1. The predicted octanol–water partition coefficient (Wildman–Crippen LogP) is 3.07. The smallest absolute Gasteiger partial charge is 0.372 e. The summed E-state index contributed by atoms with van der Waals surface area (Å²) in [7, 11) is 1.52. The molecule has 0 aliphatic rings. The molecule has 0 atom stereocenters. The first-order valence-electron chi connectivity index (χ1n) is 6.07. The van der Waals surface area contributed by atoms with Crippen LogP contribution in [0, 0.1) is 0 Å². The molecule has 0 saturated carbocycles. The Morgan fingerprint density at radius 3 is 2.84 bits per heavy atom. The van der Waals surface area contributed by atoms with E-state index in [1.807, 2.05) is 6.92 Å². The van der Waals surface area contributed by atoms with Crippen LogP contribution in [0.15, 0.2) is 22.6 Å². The van der Waals surface area contributed by atoms with E-state index in [1.54, 1.807) is 18.2 Å². The van der Waals surface area contributed by atoms with E-state index < -0.39 is 5.97 Å². The van der Waals surface area contributed by atoms with Gasteiger partial charge in [0.05, 0.1) is 13.2 Å². The van der Waals surface area contributed by atoms with Crippen molar-refractivity contribution in [2.45, 2.75) is 20.0 Å². The molecule has 0 fully saturated rings. The van der Waals surface area contributed by atoms with Crippen LogP contribution in [0.2, 0.25) is 0 Å². The molecule has 2 aromatic rings. The molecule has 1 heterocycles. The van der Waals surface area contributed by atoms with Gasteiger partial charge in [-0.15, -0.1) is 0 Å². The Morgan fingerprint density at radius 1 is 1.42 bits per heavy atom. The van der Waals surface area contributed by atoms with Crippen LogP contribution in [-0.2, 0) is 11.3 Å². The molecular weight excluding hydrogens is 248 g/mol. The van der Waals surface area contributed by atoms with E-state index in [-0.39, 0.29) is 12.4 Å². The molecule has 102 valence electrons. The number of benzene rings is 1. The fourth-order valence-electron chi connectivity index (χ4n) is 1.90. The number of methoxy groups -OCH3 is 1. The number of rotatable bonds is 6. The fraction of sp³-hybridized carbons (Fsp3) is 0.357. The summed E-state index contributed by atoms with van der Waals surface area (Å²) < 4.78 is 15.9. The molecule has 0 saturated heterocycles. The van der Waals surface area contributed by atoms with E-state index in [1.165, 1.54) is 7.11 Å². The number of carboxylic acids is 1. The van der Waals surface area contributed by atoms with Crippen LogP contribution in [0.5, 0.6) is 5.75 Å². The lowest BCUT2D eigenvalue weighted by molar-refractivity contribution is 0.0658. The summed E-state index contributed by atoms with van der Waals surface area (Å²) in [5.41, 5.74) is 1.06. The third-order valence-corrected chi connectivity index (χ3v) is 2.72. The summed E-state index contributed by atoms with van der Waals surface area (Å²) in [6, 6.07) is 5.27. The highest BCUT2D eigenvalue weighted by Gasteiger charge is 2.20. The summed E-state index contributed by atoms with van der Waals surface area (Å²) in [5.74, 6) is -0.479. The van der Waals surface area contributed by atoms with Gasteiger partial charge >= 0.3 is 5.97 Å². The highest BCUT2D eigenvalue weighted by atomic mass is 16.5. The van der Waals surface area contributed by atoms with E-state index in [4.69, 9.17) is 19.0 Å². The number of hydrogen-bond acceptors (Lipinski definition) is 4. The van der Waals surface area contributed by atoms with Gasteiger partial charge in [0.25, 0.3) is 0 Å². The standard InChI is InChI=1S/C14H16O5/c1-3-6-18-9-4-5-12-10(7-9)11(8-17-2)13(19-12)14(15)16/h4-5,7H,3,6,8H2,1-2H3,(H,15,16). The lowest BCUT2D eigenvalue weighted by Gasteiger charge is -2.04. The van der Waals surface area contributed by atoms with Crippen LogP contribution in [-0.4, -0.2) is 24.8 Å². The zero-order chi connectivity index (χ0) is 13.8. The second kappa shape index (κ2) is 5.75. The van der Waals surface area contributed by atoms with Crippen molar-refractivity contribution in [3.8, 4) is 5.75 Å². The Balaban J connectivity index is 2.49. The Kier molecular flexibility index (Phi) is 4.06. The first-order chi connectivity index (χ1) is 9.17. The van der Waals surface area contributed by atoms with Gasteiger partial charge in [0.2, 0.25) is 5.76 Å². The minimum absolute atomic E-state index is 0.0792. The number of carboxylic acid groups (broad SMARTS) is 1. The summed E-state index contributed by atoms with van der Waals surface area (Å²) in [5, 5.41) is 9.84. The normalized spacial score (nSPS) is 10.8. The second-order valence-corrected chi connectivity index (χ2v) is 4.15. The monoisotopic (exact) mass is 264 g/mol. The van der Waals surface area contributed by atoms with Gasteiger partial charge in [0.15, 0.2) is 0 Å². The molecule has 1 N–H and O–H groups in total. The topological polar surface area (TPSA) is 68.9 Å². The molecule has 0 aliphatic heterocycles. The minimum atomic E-state index is -1.10. The highest BCUT2D eigenvalue weighted by molar-refractivity contribution is 5.95. The van der Waals surface area contributed by atoms with Gasteiger partial charge in [0.1, 0.15) is 11.3 Å². The van der Waals surface area contributed by atoms with Crippen molar-refractivity contribution in [3.63, 3.8) is 0 Å². The van der Waals surface area contributed by atoms with Crippen LogP contribution in [0.25, 0.3) is 11.0 Å². The molecule has 5 heteroatoms. The number of aromatic carboxylic acids is 1. The Morgan fingerprint density at radius 2 is 2.21 bits per heavy atom.